The van der Waals surface area contributed by atoms with E-state index in [-0.39, 0.29) is 18.2 Å². The number of fused-ring (bicyclic) bond motifs is 1. The van der Waals surface area contributed by atoms with Crippen LogP contribution in [-0.2, 0) is 16.4 Å². The molecule has 0 spiro atoms. The van der Waals surface area contributed by atoms with Crippen LogP contribution < -0.4 is 9.46 Å². The predicted molar refractivity (Wildman–Crippen MR) is 172 cm³/mol. The van der Waals surface area contributed by atoms with Crippen molar-refractivity contribution in [3.05, 3.63) is 58.5 Å². The third-order valence-corrected chi connectivity index (χ3v) is 8.55. The number of carbonyl (C=O) groups excluding carboxylic acids is 1. The molecule has 0 aliphatic rings. The van der Waals surface area contributed by atoms with Crippen LogP contribution in [0.2, 0.25) is 0 Å². The Kier molecular flexibility index (Phi) is 14.5. The van der Waals surface area contributed by atoms with Crippen LogP contribution >= 0.6 is 23.7 Å². The van der Waals surface area contributed by atoms with Gasteiger partial charge in [0.2, 0.25) is 10.0 Å². The molecular formula is C31H45ClN2O4S2. The third kappa shape index (κ3) is 10.4. The molecule has 0 saturated heterocycles. The highest BCUT2D eigenvalue weighted by atomic mass is 35.5. The summed E-state index contributed by atoms with van der Waals surface area (Å²) in [4.78, 5) is 17.3. The SMILES string of the molecule is CCCCc1sc2ccc(NS(C)(=O)=O)cc2c1C(=O)c1ccc(OCCCN(CCCC)CCCC)cc1.Cl. The second-order valence-corrected chi connectivity index (χ2v) is 13.1. The van der Waals surface area contributed by atoms with Crippen molar-refractivity contribution in [1.29, 1.82) is 0 Å². The van der Waals surface area contributed by atoms with Crippen LogP contribution in [-0.4, -0.2) is 51.6 Å². The van der Waals surface area contributed by atoms with E-state index in [9.17, 15) is 13.2 Å². The van der Waals surface area contributed by atoms with Gasteiger partial charge in [-0.3, -0.25) is 9.52 Å². The molecule has 0 fully saturated rings. The molecule has 9 heteroatoms. The van der Waals surface area contributed by atoms with Gasteiger partial charge in [-0.25, -0.2) is 8.42 Å². The Balaban J connectivity index is 0.00000560. The van der Waals surface area contributed by atoms with Crippen LogP contribution in [0.1, 0.15) is 86.5 Å². The second-order valence-electron chi connectivity index (χ2n) is 10.2. The number of nitrogens with zero attached hydrogens (tertiary/aromatic N) is 1. The lowest BCUT2D eigenvalue weighted by atomic mass is 9.98. The lowest BCUT2D eigenvalue weighted by Crippen LogP contribution is -2.28. The number of unbranched alkanes of at least 4 members (excludes halogenated alkanes) is 3. The largest absolute Gasteiger partial charge is 0.494 e. The first-order valence-electron chi connectivity index (χ1n) is 14.3. The number of sulfonamides is 1. The fourth-order valence-corrected chi connectivity index (χ4v) is 6.39. The van der Waals surface area contributed by atoms with E-state index < -0.39 is 10.0 Å². The Bertz CT molecular complexity index is 1300. The molecule has 222 valence electrons. The number of thiophene rings is 1. The summed E-state index contributed by atoms with van der Waals surface area (Å²) in [5.41, 5.74) is 1.74. The molecule has 0 atom stereocenters. The van der Waals surface area contributed by atoms with Crippen molar-refractivity contribution in [3.63, 3.8) is 0 Å². The molecule has 0 aliphatic heterocycles. The van der Waals surface area contributed by atoms with Crippen molar-refractivity contribution < 1.29 is 17.9 Å². The maximum absolute atomic E-state index is 13.7. The number of halogens is 1. The van der Waals surface area contributed by atoms with Crippen molar-refractivity contribution >= 4 is 55.3 Å². The van der Waals surface area contributed by atoms with Crippen molar-refractivity contribution in [2.75, 3.05) is 37.2 Å². The van der Waals surface area contributed by atoms with E-state index in [0.717, 1.165) is 72.3 Å². The van der Waals surface area contributed by atoms with E-state index in [2.05, 4.69) is 30.4 Å². The minimum Gasteiger partial charge on any atom is -0.494 e. The summed E-state index contributed by atoms with van der Waals surface area (Å²) in [7, 11) is -3.41. The molecule has 0 saturated carbocycles. The highest BCUT2D eigenvalue weighted by Gasteiger charge is 2.21. The molecule has 2 aromatic carbocycles. The van der Waals surface area contributed by atoms with E-state index in [0.29, 0.717) is 23.4 Å². The summed E-state index contributed by atoms with van der Waals surface area (Å²) >= 11 is 1.62. The number of benzene rings is 2. The molecular weight excluding hydrogens is 564 g/mol. The van der Waals surface area contributed by atoms with Gasteiger partial charge in [0.1, 0.15) is 5.75 Å². The summed E-state index contributed by atoms with van der Waals surface area (Å²) in [6.07, 6.45) is 9.83. The van der Waals surface area contributed by atoms with Crippen molar-refractivity contribution in [2.45, 2.75) is 72.1 Å². The zero-order valence-corrected chi connectivity index (χ0v) is 26.8. The van der Waals surface area contributed by atoms with Gasteiger partial charge in [-0.1, -0.05) is 40.0 Å². The van der Waals surface area contributed by atoms with Crippen LogP contribution in [0.3, 0.4) is 0 Å². The Labute approximate surface area is 251 Å². The zero-order valence-electron chi connectivity index (χ0n) is 24.3. The first-order valence-corrected chi connectivity index (χ1v) is 17.0. The lowest BCUT2D eigenvalue weighted by molar-refractivity contribution is 0.104. The van der Waals surface area contributed by atoms with E-state index in [1.165, 1.54) is 25.7 Å². The van der Waals surface area contributed by atoms with E-state index in [4.69, 9.17) is 4.74 Å². The average Bonchev–Trinajstić information content (AvgIpc) is 3.27. The Morgan fingerprint density at radius 1 is 0.900 bits per heavy atom. The standard InChI is InChI=1S/C31H44N2O4S2.ClH/c1-5-8-12-29-30(27-23-25(32-39(4,35)36)15-18-28(27)38-29)31(34)24-13-16-26(17-14-24)37-22-11-21-33(19-9-6-2)20-10-7-3;/h13-18,23,32H,5-12,19-22H2,1-4H3;1H. The van der Waals surface area contributed by atoms with Gasteiger partial charge in [0.05, 0.1) is 12.9 Å². The van der Waals surface area contributed by atoms with Crippen LogP contribution in [0.5, 0.6) is 5.75 Å². The lowest BCUT2D eigenvalue weighted by Gasteiger charge is -2.21. The Hall–Kier alpha value is -2.13. The normalized spacial score (nSPS) is 11.5. The Morgan fingerprint density at radius 3 is 2.12 bits per heavy atom. The number of ether oxygens (including phenoxy) is 1. The van der Waals surface area contributed by atoms with Crippen molar-refractivity contribution in [2.24, 2.45) is 0 Å². The number of hydrogen-bond donors (Lipinski definition) is 1. The summed E-state index contributed by atoms with van der Waals surface area (Å²) in [5.74, 6) is 0.721. The molecule has 0 unspecified atom stereocenters. The predicted octanol–water partition coefficient (Wildman–Crippen LogP) is 7.94. The fraction of sp³-hybridized carbons (Fsp3) is 0.516. The van der Waals surface area contributed by atoms with Crippen LogP contribution in [0.15, 0.2) is 42.5 Å². The molecule has 1 N–H and O–H groups in total. The number of ketones is 1. The summed E-state index contributed by atoms with van der Waals surface area (Å²) in [5, 5.41) is 0.792. The molecule has 1 aromatic heterocycles. The third-order valence-electron chi connectivity index (χ3n) is 6.71. The topological polar surface area (TPSA) is 75.7 Å². The number of rotatable bonds is 18. The fourth-order valence-electron chi connectivity index (χ4n) is 4.61. The maximum atomic E-state index is 13.7. The van der Waals surface area contributed by atoms with Gasteiger partial charge in [-0.15, -0.1) is 23.7 Å². The number of nitrogens with one attached hydrogen (secondary N) is 1. The van der Waals surface area contributed by atoms with Crippen LogP contribution in [0, 0.1) is 0 Å². The number of aryl methyl sites for hydroxylation is 1. The van der Waals surface area contributed by atoms with Crippen molar-refractivity contribution in [3.8, 4) is 5.75 Å². The Morgan fingerprint density at radius 2 is 1.52 bits per heavy atom. The molecule has 0 aliphatic carbocycles. The molecule has 40 heavy (non-hydrogen) atoms. The smallest absolute Gasteiger partial charge is 0.229 e. The number of hydrogen-bond acceptors (Lipinski definition) is 6. The number of anilines is 1. The highest BCUT2D eigenvalue weighted by molar-refractivity contribution is 7.92. The van der Waals surface area contributed by atoms with Gasteiger partial charge in [-0.2, -0.15) is 0 Å². The molecule has 3 aromatic rings. The van der Waals surface area contributed by atoms with Crippen molar-refractivity contribution in [1.82, 2.24) is 4.90 Å². The van der Waals surface area contributed by atoms with Gasteiger partial charge in [0, 0.05) is 38.3 Å². The van der Waals surface area contributed by atoms with Gasteiger partial charge in [0.15, 0.2) is 5.78 Å². The molecule has 0 bridgehead atoms. The van der Waals surface area contributed by atoms with Gasteiger partial charge >= 0.3 is 0 Å². The van der Waals surface area contributed by atoms with Gasteiger partial charge < -0.3 is 9.64 Å². The maximum Gasteiger partial charge on any atom is 0.229 e. The quantitative estimate of drug-likeness (QED) is 0.117. The van der Waals surface area contributed by atoms with Crippen LogP contribution in [0.25, 0.3) is 10.1 Å². The summed E-state index contributed by atoms with van der Waals surface area (Å²) < 4.78 is 33.1. The minimum absolute atomic E-state index is 0. The van der Waals surface area contributed by atoms with Gasteiger partial charge in [-0.05, 0) is 87.7 Å². The van der Waals surface area contributed by atoms with Crippen LogP contribution in [0.4, 0.5) is 5.69 Å². The average molecular weight is 609 g/mol. The molecule has 6 nitrogen and oxygen atoms in total. The summed E-state index contributed by atoms with van der Waals surface area (Å²) in [6, 6.07) is 12.8. The number of carbonyl (C=O) groups is 1. The molecule has 0 radical (unpaired) electrons. The molecule has 0 amide bonds. The zero-order chi connectivity index (χ0) is 28.3. The highest BCUT2D eigenvalue weighted by Crippen LogP contribution is 2.36. The van der Waals surface area contributed by atoms with Gasteiger partial charge in [0.25, 0.3) is 0 Å². The monoisotopic (exact) mass is 608 g/mol. The molecule has 1 heterocycles. The first kappa shape index (κ1) is 34.1. The van der Waals surface area contributed by atoms with E-state index in [1.54, 1.807) is 23.5 Å². The summed E-state index contributed by atoms with van der Waals surface area (Å²) in [6.45, 7) is 10.6. The first-order chi connectivity index (χ1) is 18.8. The molecule has 3 rings (SSSR count). The van der Waals surface area contributed by atoms with E-state index in [1.807, 2.05) is 30.3 Å². The van der Waals surface area contributed by atoms with E-state index >= 15 is 0 Å². The second kappa shape index (κ2) is 17.0. The minimum atomic E-state index is -3.41.